The number of carbonyl (C=O) groups is 2. The summed E-state index contributed by atoms with van der Waals surface area (Å²) in [6, 6.07) is 11.5. The van der Waals surface area contributed by atoms with Crippen molar-refractivity contribution < 1.29 is 19.4 Å². The van der Waals surface area contributed by atoms with E-state index in [2.05, 4.69) is 56.7 Å². The number of carboxylic acids is 1. The summed E-state index contributed by atoms with van der Waals surface area (Å²) in [5, 5.41) is 9.25. The number of nitrogens with zero attached hydrogens (tertiary/aromatic N) is 5. The van der Waals surface area contributed by atoms with Crippen LogP contribution < -0.4 is 0 Å². The van der Waals surface area contributed by atoms with Crippen LogP contribution in [0.2, 0.25) is 0 Å². The molecule has 2 unspecified atom stereocenters. The Morgan fingerprint density at radius 2 is 1.11 bits per heavy atom. The average Bonchev–Trinajstić information content (AvgIpc) is 3.73. The predicted octanol–water partition coefficient (Wildman–Crippen LogP) is 10.6. The van der Waals surface area contributed by atoms with Gasteiger partial charge in [-0.1, -0.05) is 80.1 Å². The van der Waals surface area contributed by atoms with Gasteiger partial charge in [0.25, 0.3) is 5.91 Å². The highest BCUT2D eigenvalue weighted by Gasteiger charge is 2.31. The van der Waals surface area contributed by atoms with Gasteiger partial charge in [0.2, 0.25) is 0 Å². The van der Waals surface area contributed by atoms with Gasteiger partial charge < -0.3 is 23.9 Å². The first kappa shape index (κ1) is 40.9. The van der Waals surface area contributed by atoms with Crippen LogP contribution in [-0.2, 0) is 28.7 Å². The zero-order valence-electron chi connectivity index (χ0n) is 35.0. The van der Waals surface area contributed by atoms with E-state index in [4.69, 9.17) is 14.7 Å². The molecule has 2 aromatic carbocycles. The highest BCUT2D eigenvalue weighted by atomic mass is 16.5. The lowest BCUT2D eigenvalue weighted by Gasteiger charge is -2.35. The monoisotopic (exact) mass is 754 g/mol. The van der Waals surface area contributed by atoms with Crippen molar-refractivity contribution in [3.63, 3.8) is 0 Å². The molecule has 4 aromatic rings. The number of aromatic nitrogens is 4. The normalized spacial score (nSPS) is 20.5. The Kier molecular flexibility index (Phi) is 12.8. The fourth-order valence-electron chi connectivity index (χ4n) is 9.03. The SMILES string of the molecule is CCC(C)(C)c1nc2cc(C(=O)N3CC(C)OC(C)C3)ccc2n1CC1CCCCC1.CCC(C)(C)c1nc2cc(C(=O)O)ccc2n1CC1CCCCC1. The maximum atomic E-state index is 13.2. The topological polar surface area (TPSA) is 102 Å². The van der Waals surface area contributed by atoms with Crippen molar-refractivity contribution in [3.05, 3.63) is 59.2 Å². The van der Waals surface area contributed by atoms with Crippen LogP contribution in [-0.4, -0.2) is 66.3 Å². The molecule has 2 aromatic heterocycles. The lowest BCUT2D eigenvalue weighted by molar-refractivity contribution is -0.0586. The van der Waals surface area contributed by atoms with Gasteiger partial charge in [0.1, 0.15) is 11.6 Å². The lowest BCUT2D eigenvalue weighted by Crippen LogP contribution is -2.48. The van der Waals surface area contributed by atoms with E-state index in [-0.39, 0.29) is 28.9 Å². The molecule has 7 rings (SSSR count). The molecule has 3 fully saturated rings. The van der Waals surface area contributed by atoms with Gasteiger partial charge in [0.05, 0.1) is 39.8 Å². The molecule has 55 heavy (non-hydrogen) atoms. The molecule has 2 saturated carbocycles. The van der Waals surface area contributed by atoms with E-state index in [1.807, 2.05) is 36.9 Å². The highest BCUT2D eigenvalue weighted by molar-refractivity contribution is 5.97. The van der Waals surface area contributed by atoms with Gasteiger partial charge in [0.15, 0.2) is 0 Å². The van der Waals surface area contributed by atoms with E-state index in [9.17, 15) is 14.7 Å². The van der Waals surface area contributed by atoms with Gasteiger partial charge in [-0.15, -0.1) is 0 Å². The van der Waals surface area contributed by atoms with Crippen LogP contribution in [0, 0.1) is 11.8 Å². The molecule has 1 aliphatic heterocycles. The van der Waals surface area contributed by atoms with Crippen molar-refractivity contribution >= 4 is 33.9 Å². The standard InChI is InChI=1S/C26H39N3O2.C20H28N2O2/c1-6-26(4,5)25-27-22-14-21(24(30)28-15-18(2)31-19(3)16-28)12-13-23(22)29(25)17-20-10-8-7-9-11-20;1-4-20(2,3)19-21-16-12-15(18(23)24)10-11-17(16)22(19)13-14-8-6-5-7-9-14/h12-14,18-20H,6-11,15-17H2,1-5H3;10-12,14H,4-9,13H2,1-3H3,(H,23,24). The third-order valence-electron chi connectivity index (χ3n) is 13.0. The van der Waals surface area contributed by atoms with Gasteiger partial charge in [-0.2, -0.15) is 0 Å². The molecular formula is C46H67N5O4. The number of morpholine rings is 1. The summed E-state index contributed by atoms with van der Waals surface area (Å²) in [7, 11) is 0. The number of imidazole rings is 2. The molecule has 0 radical (unpaired) electrons. The Labute approximate surface area is 329 Å². The number of ether oxygens (including phenoxy) is 1. The minimum Gasteiger partial charge on any atom is -0.478 e. The first-order valence-corrected chi connectivity index (χ1v) is 21.4. The first-order chi connectivity index (χ1) is 26.2. The van der Waals surface area contributed by atoms with E-state index in [1.54, 1.807) is 12.1 Å². The third-order valence-corrected chi connectivity index (χ3v) is 13.0. The summed E-state index contributed by atoms with van der Waals surface area (Å²) in [6.07, 6.45) is 15.5. The molecule has 1 saturated heterocycles. The van der Waals surface area contributed by atoms with E-state index in [1.165, 1.54) is 69.7 Å². The molecule has 1 amide bonds. The fraction of sp³-hybridized carbons (Fsp3) is 0.652. The molecule has 0 bridgehead atoms. The Hall–Kier alpha value is -3.72. The number of amides is 1. The lowest BCUT2D eigenvalue weighted by atomic mass is 9.87. The van der Waals surface area contributed by atoms with Gasteiger partial charge in [-0.3, -0.25) is 4.79 Å². The Morgan fingerprint density at radius 1 is 0.691 bits per heavy atom. The van der Waals surface area contributed by atoms with Gasteiger partial charge in [0, 0.05) is 42.6 Å². The highest BCUT2D eigenvalue weighted by Crippen LogP contribution is 2.35. The molecule has 0 spiro atoms. The van der Waals surface area contributed by atoms with Crippen molar-refractivity contribution in [2.75, 3.05) is 13.1 Å². The number of hydrogen-bond donors (Lipinski definition) is 1. The van der Waals surface area contributed by atoms with E-state index in [0.29, 0.717) is 24.6 Å². The summed E-state index contributed by atoms with van der Waals surface area (Å²) in [6.45, 7) is 20.8. The van der Waals surface area contributed by atoms with Crippen molar-refractivity contribution in [3.8, 4) is 0 Å². The Balaban J connectivity index is 0.000000193. The fourth-order valence-corrected chi connectivity index (χ4v) is 9.03. The number of carbonyl (C=O) groups excluding carboxylic acids is 1. The summed E-state index contributed by atoms with van der Waals surface area (Å²) in [4.78, 5) is 36.4. The average molecular weight is 754 g/mol. The van der Waals surface area contributed by atoms with E-state index in [0.717, 1.165) is 65.6 Å². The second-order valence-corrected chi connectivity index (χ2v) is 18.3. The van der Waals surface area contributed by atoms with Crippen LogP contribution in [0.25, 0.3) is 22.1 Å². The van der Waals surface area contributed by atoms with Gasteiger partial charge in [-0.05, 0) is 101 Å². The maximum Gasteiger partial charge on any atom is 0.335 e. The number of carboxylic acid groups (broad SMARTS) is 1. The van der Waals surface area contributed by atoms with Crippen molar-refractivity contribution in [2.45, 2.75) is 169 Å². The maximum absolute atomic E-state index is 13.2. The third kappa shape index (κ3) is 9.30. The zero-order chi connectivity index (χ0) is 39.5. The summed E-state index contributed by atoms with van der Waals surface area (Å²) in [5.74, 6) is 2.89. The minimum absolute atomic E-state index is 0.00688. The van der Waals surface area contributed by atoms with Crippen LogP contribution in [0.15, 0.2) is 36.4 Å². The minimum atomic E-state index is -0.893. The zero-order valence-corrected chi connectivity index (χ0v) is 35.0. The molecule has 9 nitrogen and oxygen atoms in total. The van der Waals surface area contributed by atoms with Gasteiger partial charge in [-0.25, -0.2) is 14.8 Å². The second-order valence-electron chi connectivity index (χ2n) is 18.3. The van der Waals surface area contributed by atoms with Crippen molar-refractivity contribution in [2.24, 2.45) is 11.8 Å². The van der Waals surface area contributed by atoms with Crippen LogP contribution >= 0.6 is 0 Å². The summed E-state index contributed by atoms with van der Waals surface area (Å²) >= 11 is 0. The van der Waals surface area contributed by atoms with Crippen LogP contribution in [0.5, 0.6) is 0 Å². The molecule has 300 valence electrons. The van der Waals surface area contributed by atoms with Crippen LogP contribution in [0.4, 0.5) is 0 Å². The molecular weight excluding hydrogens is 687 g/mol. The Bertz CT molecular complexity index is 1930. The summed E-state index contributed by atoms with van der Waals surface area (Å²) in [5.41, 5.74) is 5.03. The van der Waals surface area contributed by atoms with Crippen molar-refractivity contribution in [1.82, 2.24) is 24.0 Å². The van der Waals surface area contributed by atoms with Crippen molar-refractivity contribution in [1.29, 1.82) is 0 Å². The molecule has 2 atom stereocenters. The van der Waals surface area contributed by atoms with Crippen LogP contribution in [0.3, 0.4) is 0 Å². The number of hydrogen-bond acceptors (Lipinski definition) is 5. The molecule has 9 heteroatoms. The Morgan fingerprint density at radius 3 is 1.53 bits per heavy atom. The molecule has 1 N–H and O–H groups in total. The quantitative estimate of drug-likeness (QED) is 0.173. The van der Waals surface area contributed by atoms with Crippen LogP contribution in [0.1, 0.15) is 165 Å². The second kappa shape index (κ2) is 17.2. The molecule has 2 aliphatic carbocycles. The van der Waals surface area contributed by atoms with E-state index >= 15 is 0 Å². The number of fused-ring (bicyclic) bond motifs is 2. The molecule has 3 aliphatic rings. The summed E-state index contributed by atoms with van der Waals surface area (Å²) < 4.78 is 10.6. The number of benzene rings is 2. The number of aromatic carboxylic acids is 1. The molecule has 3 heterocycles. The number of rotatable bonds is 10. The largest absolute Gasteiger partial charge is 0.478 e. The smallest absolute Gasteiger partial charge is 0.335 e. The van der Waals surface area contributed by atoms with Gasteiger partial charge >= 0.3 is 5.97 Å². The predicted molar refractivity (Wildman–Crippen MR) is 222 cm³/mol. The first-order valence-electron chi connectivity index (χ1n) is 21.4. The van der Waals surface area contributed by atoms with E-state index < -0.39 is 5.97 Å².